The smallest absolute Gasteiger partial charge is 0.237 e. The first-order valence-electron chi connectivity index (χ1n) is 7.27. The largest absolute Gasteiger partial charge is 0.383 e. The molecular formula is C14H29N3O3. The van der Waals surface area contributed by atoms with E-state index >= 15 is 0 Å². The molecule has 1 rings (SSSR count). The number of nitrogens with two attached hydrogens (primary N) is 2. The average Bonchev–Trinajstić information content (AvgIpc) is 2.39. The summed E-state index contributed by atoms with van der Waals surface area (Å²) in [4.78, 5) is 13.9. The molecule has 3 unspecified atom stereocenters. The van der Waals surface area contributed by atoms with Gasteiger partial charge in [-0.3, -0.25) is 9.69 Å². The van der Waals surface area contributed by atoms with Gasteiger partial charge >= 0.3 is 0 Å². The molecular weight excluding hydrogens is 258 g/mol. The van der Waals surface area contributed by atoms with E-state index < -0.39 is 11.4 Å². The van der Waals surface area contributed by atoms with Gasteiger partial charge in [-0.05, 0) is 32.6 Å². The molecule has 1 fully saturated rings. The summed E-state index contributed by atoms with van der Waals surface area (Å²) in [7, 11) is 3.39. The summed E-state index contributed by atoms with van der Waals surface area (Å²) >= 11 is 0. The van der Waals surface area contributed by atoms with Gasteiger partial charge in [-0.1, -0.05) is 0 Å². The zero-order valence-corrected chi connectivity index (χ0v) is 12.9. The standard InChI is InChI=1S/C14H29N3O3/c1-11(10-20-3)17(7-8-19-2)12-5-4-6-14(16,9-12)13(15)18/h11-12H,4-10,16H2,1-3H3,(H2,15,18). The van der Waals surface area contributed by atoms with Crippen molar-refractivity contribution in [3.63, 3.8) is 0 Å². The number of primary amides is 1. The Labute approximate surface area is 121 Å². The van der Waals surface area contributed by atoms with Gasteiger partial charge in [-0.2, -0.15) is 0 Å². The minimum atomic E-state index is -0.874. The number of methoxy groups -OCH3 is 2. The highest BCUT2D eigenvalue weighted by atomic mass is 16.5. The fourth-order valence-corrected chi connectivity index (χ4v) is 3.08. The number of carbonyl (C=O) groups excluding carboxylic acids is 1. The lowest BCUT2D eigenvalue weighted by molar-refractivity contribution is -0.125. The Balaban J connectivity index is 2.76. The van der Waals surface area contributed by atoms with Crippen LogP contribution in [0.4, 0.5) is 0 Å². The Morgan fingerprint density at radius 2 is 2.15 bits per heavy atom. The van der Waals surface area contributed by atoms with Gasteiger partial charge in [0.2, 0.25) is 5.91 Å². The molecule has 0 aliphatic heterocycles. The van der Waals surface area contributed by atoms with Crippen molar-refractivity contribution in [1.82, 2.24) is 4.90 Å². The van der Waals surface area contributed by atoms with Gasteiger partial charge in [0.05, 0.1) is 18.8 Å². The van der Waals surface area contributed by atoms with Gasteiger partial charge in [-0.15, -0.1) is 0 Å². The maximum atomic E-state index is 11.6. The minimum Gasteiger partial charge on any atom is -0.383 e. The molecule has 1 aliphatic carbocycles. The third-order valence-corrected chi connectivity index (χ3v) is 4.25. The Morgan fingerprint density at radius 3 is 2.70 bits per heavy atom. The summed E-state index contributed by atoms with van der Waals surface area (Å²) in [5.41, 5.74) is 10.8. The molecule has 0 bridgehead atoms. The lowest BCUT2D eigenvalue weighted by Crippen LogP contribution is -2.59. The van der Waals surface area contributed by atoms with Crippen LogP contribution in [0.1, 0.15) is 32.6 Å². The van der Waals surface area contributed by atoms with Crippen molar-refractivity contribution in [2.75, 3.05) is 34.0 Å². The SMILES string of the molecule is COCCN(C(C)COC)C1CCCC(N)(C(N)=O)C1. The second-order valence-electron chi connectivity index (χ2n) is 5.81. The van der Waals surface area contributed by atoms with Crippen LogP contribution in [0.15, 0.2) is 0 Å². The molecule has 6 nitrogen and oxygen atoms in total. The number of hydrogen-bond acceptors (Lipinski definition) is 5. The number of carbonyl (C=O) groups is 1. The van der Waals surface area contributed by atoms with Crippen LogP contribution in [0.3, 0.4) is 0 Å². The molecule has 1 saturated carbocycles. The maximum Gasteiger partial charge on any atom is 0.237 e. The van der Waals surface area contributed by atoms with Gasteiger partial charge in [0.1, 0.15) is 0 Å². The monoisotopic (exact) mass is 287 g/mol. The van der Waals surface area contributed by atoms with Gasteiger partial charge in [0.25, 0.3) is 0 Å². The highest BCUT2D eigenvalue weighted by Crippen LogP contribution is 2.30. The number of amides is 1. The molecule has 4 N–H and O–H groups in total. The van der Waals surface area contributed by atoms with Crippen molar-refractivity contribution in [2.24, 2.45) is 11.5 Å². The summed E-state index contributed by atoms with van der Waals surface area (Å²) in [6.45, 7) is 4.23. The quantitative estimate of drug-likeness (QED) is 0.660. The van der Waals surface area contributed by atoms with Gasteiger partial charge in [-0.25, -0.2) is 0 Å². The van der Waals surface area contributed by atoms with Crippen LogP contribution < -0.4 is 11.5 Å². The third-order valence-electron chi connectivity index (χ3n) is 4.25. The second-order valence-corrected chi connectivity index (χ2v) is 5.81. The van der Waals surface area contributed by atoms with Crippen molar-refractivity contribution >= 4 is 5.91 Å². The number of rotatable bonds is 8. The number of ether oxygens (including phenoxy) is 2. The molecule has 0 heterocycles. The van der Waals surface area contributed by atoms with Crippen LogP contribution >= 0.6 is 0 Å². The van der Waals surface area contributed by atoms with Crippen LogP contribution in [-0.2, 0) is 14.3 Å². The molecule has 0 aromatic carbocycles. The van der Waals surface area contributed by atoms with E-state index in [9.17, 15) is 4.79 Å². The van der Waals surface area contributed by atoms with Crippen molar-refractivity contribution in [3.05, 3.63) is 0 Å². The lowest BCUT2D eigenvalue weighted by Gasteiger charge is -2.43. The average molecular weight is 287 g/mol. The first-order chi connectivity index (χ1) is 9.44. The Bertz CT molecular complexity index is 314. The Hall–Kier alpha value is -0.690. The molecule has 1 aliphatic rings. The van der Waals surface area contributed by atoms with E-state index in [2.05, 4.69) is 11.8 Å². The highest BCUT2D eigenvalue weighted by molar-refractivity contribution is 5.84. The highest BCUT2D eigenvalue weighted by Gasteiger charge is 2.40. The predicted molar refractivity (Wildman–Crippen MR) is 78.3 cm³/mol. The summed E-state index contributed by atoms with van der Waals surface area (Å²) < 4.78 is 10.4. The fourth-order valence-electron chi connectivity index (χ4n) is 3.08. The van der Waals surface area contributed by atoms with E-state index in [1.54, 1.807) is 14.2 Å². The van der Waals surface area contributed by atoms with Crippen molar-refractivity contribution < 1.29 is 14.3 Å². The second kappa shape index (κ2) is 7.93. The van der Waals surface area contributed by atoms with Gasteiger partial charge in [0.15, 0.2) is 0 Å². The molecule has 6 heteroatoms. The fraction of sp³-hybridized carbons (Fsp3) is 0.929. The lowest BCUT2D eigenvalue weighted by atomic mass is 9.78. The van der Waals surface area contributed by atoms with E-state index in [0.717, 1.165) is 19.4 Å². The molecule has 3 atom stereocenters. The van der Waals surface area contributed by atoms with Crippen LogP contribution in [0.2, 0.25) is 0 Å². The third kappa shape index (κ3) is 4.41. The number of hydrogen-bond donors (Lipinski definition) is 2. The summed E-state index contributed by atoms with van der Waals surface area (Å²) in [6.07, 6.45) is 3.24. The molecule has 1 amide bonds. The van der Waals surface area contributed by atoms with Crippen LogP contribution in [-0.4, -0.2) is 62.4 Å². The predicted octanol–water partition coefficient (Wildman–Crippen LogP) is 0.0951. The summed E-state index contributed by atoms with van der Waals surface area (Å²) in [5, 5.41) is 0. The van der Waals surface area contributed by atoms with E-state index in [4.69, 9.17) is 20.9 Å². The molecule has 20 heavy (non-hydrogen) atoms. The van der Waals surface area contributed by atoms with Gasteiger partial charge < -0.3 is 20.9 Å². The van der Waals surface area contributed by atoms with Crippen molar-refractivity contribution in [3.8, 4) is 0 Å². The zero-order valence-electron chi connectivity index (χ0n) is 12.9. The molecule has 0 aromatic rings. The van der Waals surface area contributed by atoms with E-state index in [1.807, 2.05) is 0 Å². The van der Waals surface area contributed by atoms with E-state index in [0.29, 0.717) is 26.1 Å². The van der Waals surface area contributed by atoms with Crippen LogP contribution in [0.5, 0.6) is 0 Å². The van der Waals surface area contributed by atoms with Crippen molar-refractivity contribution in [1.29, 1.82) is 0 Å². The Kier molecular flexibility index (Phi) is 6.88. The molecule has 118 valence electrons. The maximum absolute atomic E-state index is 11.6. The molecule has 0 spiro atoms. The first-order valence-corrected chi connectivity index (χ1v) is 7.27. The summed E-state index contributed by atoms with van der Waals surface area (Å²) in [5.74, 6) is -0.395. The molecule has 0 aromatic heterocycles. The van der Waals surface area contributed by atoms with Crippen LogP contribution in [0.25, 0.3) is 0 Å². The van der Waals surface area contributed by atoms with Crippen molar-refractivity contribution in [2.45, 2.75) is 50.2 Å². The zero-order chi connectivity index (χ0) is 15.2. The molecule has 0 radical (unpaired) electrons. The first kappa shape index (κ1) is 17.4. The number of nitrogens with zero attached hydrogens (tertiary/aromatic N) is 1. The van der Waals surface area contributed by atoms with Crippen LogP contribution in [0, 0.1) is 0 Å². The van der Waals surface area contributed by atoms with E-state index in [-0.39, 0.29) is 12.1 Å². The van der Waals surface area contributed by atoms with Gasteiger partial charge in [0, 0.05) is 32.8 Å². The normalized spacial score (nSPS) is 28.6. The topological polar surface area (TPSA) is 90.8 Å². The Morgan fingerprint density at radius 1 is 1.45 bits per heavy atom. The summed E-state index contributed by atoms with van der Waals surface area (Å²) in [6, 6.07) is 0.511. The minimum absolute atomic E-state index is 0.251. The molecule has 0 saturated heterocycles. The van der Waals surface area contributed by atoms with E-state index in [1.165, 1.54) is 0 Å².